The van der Waals surface area contributed by atoms with Gasteiger partial charge in [0.25, 0.3) is 5.22 Å². The fraction of sp³-hybridized carbons (Fsp3) is 0.429. The Labute approximate surface area is 126 Å². The van der Waals surface area contributed by atoms with Crippen molar-refractivity contribution in [3.63, 3.8) is 0 Å². The summed E-state index contributed by atoms with van der Waals surface area (Å²) in [6.07, 6.45) is 0. The van der Waals surface area contributed by atoms with Gasteiger partial charge in [-0.15, -0.1) is 10.2 Å². The van der Waals surface area contributed by atoms with Gasteiger partial charge in [-0.2, -0.15) is 0 Å². The molecule has 7 heteroatoms. The van der Waals surface area contributed by atoms with Gasteiger partial charge in [-0.1, -0.05) is 13.8 Å². The summed E-state index contributed by atoms with van der Waals surface area (Å²) in [5, 5.41) is 10.6. The molecule has 0 bridgehead atoms. The van der Waals surface area contributed by atoms with Crippen LogP contribution in [0, 0.1) is 24.5 Å². The number of aryl methyl sites for hydroxylation is 1. The first-order chi connectivity index (χ1) is 9.95. The Bertz CT molecular complexity index is 593. The zero-order valence-corrected chi connectivity index (χ0v) is 12.9. The van der Waals surface area contributed by atoms with Crippen molar-refractivity contribution in [3.05, 3.63) is 35.2 Å². The van der Waals surface area contributed by atoms with E-state index in [1.165, 1.54) is 12.1 Å². The van der Waals surface area contributed by atoms with E-state index in [4.69, 9.17) is 4.42 Å². The number of halogens is 2. The van der Waals surface area contributed by atoms with Crippen LogP contribution in [-0.4, -0.2) is 16.7 Å². The number of nitrogens with one attached hydrogen (secondary N) is 1. The maximum Gasteiger partial charge on any atom is 0.281 e. The third-order valence-electron chi connectivity index (χ3n) is 2.64. The average molecular weight is 313 g/mol. The number of rotatable bonds is 6. The highest BCUT2D eigenvalue weighted by Gasteiger charge is 2.16. The van der Waals surface area contributed by atoms with Gasteiger partial charge < -0.3 is 9.73 Å². The molecule has 4 nitrogen and oxygen atoms in total. The Hall–Kier alpha value is -1.47. The molecule has 1 N–H and O–H groups in total. The van der Waals surface area contributed by atoms with E-state index < -0.39 is 11.6 Å². The lowest BCUT2D eigenvalue weighted by molar-refractivity contribution is 0.427. The van der Waals surface area contributed by atoms with Crippen molar-refractivity contribution in [1.82, 2.24) is 15.5 Å². The topological polar surface area (TPSA) is 51.0 Å². The van der Waals surface area contributed by atoms with Gasteiger partial charge in [-0.05, 0) is 41.9 Å². The molecule has 1 aromatic heterocycles. The molecule has 0 fully saturated rings. The standard InChI is InChI=1S/C14H17F2N3OS/c1-8(2)6-17-7-10-4-11(15)13(12(16)5-10)21-14-19-18-9(3)20-14/h4-5,8,17H,6-7H2,1-3H3. The molecule has 0 aliphatic rings. The predicted octanol–water partition coefficient (Wildman–Crippen LogP) is 3.55. The van der Waals surface area contributed by atoms with Gasteiger partial charge in [0, 0.05) is 13.5 Å². The Morgan fingerprint density at radius 3 is 2.43 bits per heavy atom. The number of aromatic nitrogens is 2. The largest absolute Gasteiger partial charge is 0.416 e. The molecule has 0 spiro atoms. The molecular weight excluding hydrogens is 296 g/mol. The van der Waals surface area contributed by atoms with E-state index in [1.807, 2.05) is 0 Å². The average Bonchev–Trinajstić information content (AvgIpc) is 2.79. The molecule has 0 atom stereocenters. The molecule has 0 saturated heterocycles. The lowest BCUT2D eigenvalue weighted by atomic mass is 10.2. The fourth-order valence-corrected chi connectivity index (χ4v) is 2.46. The van der Waals surface area contributed by atoms with Crippen LogP contribution < -0.4 is 5.32 Å². The zero-order chi connectivity index (χ0) is 15.4. The highest BCUT2D eigenvalue weighted by molar-refractivity contribution is 7.99. The molecule has 2 rings (SSSR count). The molecule has 0 amide bonds. The highest BCUT2D eigenvalue weighted by atomic mass is 32.2. The minimum Gasteiger partial charge on any atom is -0.416 e. The van der Waals surface area contributed by atoms with Crippen LogP contribution in [0.15, 0.2) is 26.7 Å². The van der Waals surface area contributed by atoms with Gasteiger partial charge in [0.1, 0.15) is 11.6 Å². The van der Waals surface area contributed by atoms with Gasteiger partial charge in [-0.25, -0.2) is 8.78 Å². The van der Waals surface area contributed by atoms with E-state index in [0.29, 0.717) is 23.9 Å². The van der Waals surface area contributed by atoms with Crippen molar-refractivity contribution in [2.45, 2.75) is 37.4 Å². The van der Waals surface area contributed by atoms with E-state index in [2.05, 4.69) is 29.4 Å². The Morgan fingerprint density at radius 1 is 1.24 bits per heavy atom. The quantitative estimate of drug-likeness (QED) is 0.884. The Morgan fingerprint density at radius 2 is 1.90 bits per heavy atom. The van der Waals surface area contributed by atoms with Crippen LogP contribution in [-0.2, 0) is 6.54 Å². The predicted molar refractivity (Wildman–Crippen MR) is 76.1 cm³/mol. The Kier molecular flexibility index (Phi) is 5.30. The number of benzene rings is 1. The number of hydrogen-bond acceptors (Lipinski definition) is 5. The van der Waals surface area contributed by atoms with Crippen LogP contribution in [0.2, 0.25) is 0 Å². The number of hydrogen-bond donors (Lipinski definition) is 1. The van der Waals surface area contributed by atoms with E-state index >= 15 is 0 Å². The Balaban J connectivity index is 2.09. The molecule has 2 aromatic rings. The van der Waals surface area contributed by atoms with E-state index in [1.54, 1.807) is 6.92 Å². The van der Waals surface area contributed by atoms with E-state index in [-0.39, 0.29) is 10.1 Å². The summed E-state index contributed by atoms with van der Waals surface area (Å²) in [5.41, 5.74) is 0.566. The van der Waals surface area contributed by atoms with Crippen molar-refractivity contribution < 1.29 is 13.2 Å². The molecule has 1 aromatic carbocycles. The van der Waals surface area contributed by atoms with Crippen LogP contribution in [0.3, 0.4) is 0 Å². The van der Waals surface area contributed by atoms with Crippen LogP contribution >= 0.6 is 11.8 Å². The second-order valence-electron chi connectivity index (χ2n) is 5.10. The van der Waals surface area contributed by atoms with Gasteiger partial charge in [0.05, 0.1) is 4.90 Å². The third-order valence-corrected chi connectivity index (χ3v) is 3.57. The molecule has 0 radical (unpaired) electrons. The minimum absolute atomic E-state index is 0.121. The van der Waals surface area contributed by atoms with Crippen molar-refractivity contribution in [2.24, 2.45) is 5.92 Å². The third kappa shape index (κ3) is 4.50. The molecule has 21 heavy (non-hydrogen) atoms. The first kappa shape index (κ1) is 15.9. The summed E-state index contributed by atoms with van der Waals surface area (Å²) in [4.78, 5) is -0.133. The second-order valence-corrected chi connectivity index (χ2v) is 6.06. The highest BCUT2D eigenvalue weighted by Crippen LogP contribution is 2.31. The van der Waals surface area contributed by atoms with Crippen LogP contribution in [0.5, 0.6) is 0 Å². The van der Waals surface area contributed by atoms with Gasteiger partial charge in [-0.3, -0.25) is 0 Å². The molecule has 1 heterocycles. The SMILES string of the molecule is Cc1nnc(Sc2c(F)cc(CNCC(C)C)cc2F)o1. The van der Waals surface area contributed by atoms with Gasteiger partial charge in [0.15, 0.2) is 0 Å². The molecule has 0 aliphatic heterocycles. The molecule has 0 unspecified atom stereocenters. The summed E-state index contributed by atoms with van der Waals surface area (Å²) in [6, 6.07) is 2.64. The zero-order valence-electron chi connectivity index (χ0n) is 12.1. The smallest absolute Gasteiger partial charge is 0.281 e. The summed E-state index contributed by atoms with van der Waals surface area (Å²) >= 11 is 0.788. The maximum absolute atomic E-state index is 14.0. The minimum atomic E-state index is -0.628. The monoisotopic (exact) mass is 313 g/mol. The summed E-state index contributed by atoms with van der Waals surface area (Å²) in [5.74, 6) is -0.419. The second kappa shape index (κ2) is 7.00. The van der Waals surface area contributed by atoms with Crippen molar-refractivity contribution >= 4 is 11.8 Å². The normalized spacial score (nSPS) is 11.3. The number of nitrogens with zero attached hydrogens (tertiary/aromatic N) is 2. The van der Waals surface area contributed by atoms with E-state index in [9.17, 15) is 8.78 Å². The molecule has 0 saturated carbocycles. The van der Waals surface area contributed by atoms with Crippen LogP contribution in [0.1, 0.15) is 25.3 Å². The van der Waals surface area contributed by atoms with Crippen molar-refractivity contribution in [2.75, 3.05) is 6.54 Å². The van der Waals surface area contributed by atoms with Crippen LogP contribution in [0.4, 0.5) is 8.78 Å². The first-order valence-electron chi connectivity index (χ1n) is 6.62. The maximum atomic E-state index is 14.0. The van der Waals surface area contributed by atoms with Gasteiger partial charge in [0.2, 0.25) is 5.89 Å². The fourth-order valence-electron chi connectivity index (χ4n) is 1.72. The van der Waals surface area contributed by atoms with Crippen LogP contribution in [0.25, 0.3) is 0 Å². The first-order valence-corrected chi connectivity index (χ1v) is 7.44. The molecule has 114 valence electrons. The van der Waals surface area contributed by atoms with E-state index in [0.717, 1.165) is 18.3 Å². The summed E-state index contributed by atoms with van der Waals surface area (Å²) < 4.78 is 33.1. The molecular formula is C14H17F2N3OS. The lowest BCUT2D eigenvalue weighted by Gasteiger charge is -2.09. The van der Waals surface area contributed by atoms with Crippen molar-refractivity contribution in [3.8, 4) is 0 Å². The van der Waals surface area contributed by atoms with Crippen molar-refractivity contribution in [1.29, 1.82) is 0 Å². The van der Waals surface area contributed by atoms with Gasteiger partial charge >= 0.3 is 0 Å². The molecule has 0 aliphatic carbocycles. The lowest BCUT2D eigenvalue weighted by Crippen LogP contribution is -2.19. The summed E-state index contributed by atoms with van der Waals surface area (Å²) in [6.45, 7) is 6.98. The summed E-state index contributed by atoms with van der Waals surface area (Å²) in [7, 11) is 0.